The Morgan fingerprint density at radius 3 is 2.79 bits per heavy atom. The maximum atomic E-state index is 14.3. The molecule has 2 heterocycles. The predicted molar refractivity (Wildman–Crippen MR) is 108 cm³/mol. The number of aromatic nitrogens is 1. The number of methoxy groups -OCH3 is 1. The van der Waals surface area contributed by atoms with Crippen molar-refractivity contribution in [2.24, 2.45) is 0 Å². The molecule has 0 bridgehead atoms. The van der Waals surface area contributed by atoms with E-state index in [0.717, 1.165) is 5.56 Å². The number of nitrogens with zero attached hydrogens (tertiary/aromatic N) is 1. The smallest absolute Gasteiger partial charge is 0.343 e. The minimum Gasteiger partial charge on any atom is -0.488 e. The van der Waals surface area contributed by atoms with Crippen molar-refractivity contribution in [1.29, 1.82) is 0 Å². The van der Waals surface area contributed by atoms with E-state index in [1.165, 1.54) is 23.8 Å². The summed E-state index contributed by atoms with van der Waals surface area (Å²) in [5.41, 5.74) is 0.717. The van der Waals surface area contributed by atoms with Crippen molar-refractivity contribution in [3.05, 3.63) is 74.2 Å². The van der Waals surface area contributed by atoms with Gasteiger partial charge in [0.1, 0.15) is 18.0 Å². The van der Waals surface area contributed by atoms with Crippen LogP contribution < -0.4 is 10.3 Å². The average Bonchev–Trinajstić information content (AvgIpc) is 2.74. The van der Waals surface area contributed by atoms with Crippen molar-refractivity contribution in [2.75, 3.05) is 20.3 Å². The third-order valence-electron chi connectivity index (χ3n) is 4.78. The number of hydrogen-bond donors (Lipinski definition) is 0. The average molecular weight is 462 g/mol. The van der Waals surface area contributed by atoms with Gasteiger partial charge in [0.2, 0.25) is 0 Å². The lowest BCUT2D eigenvalue weighted by atomic mass is 10.1. The van der Waals surface area contributed by atoms with Crippen LogP contribution >= 0.6 is 15.9 Å². The number of carbonyl (C=O) groups is 1. The lowest BCUT2D eigenvalue weighted by Crippen LogP contribution is -2.37. The molecule has 8 heteroatoms. The molecule has 1 aliphatic heterocycles. The fourth-order valence-corrected chi connectivity index (χ4v) is 3.84. The molecule has 29 heavy (non-hydrogen) atoms. The first-order valence-corrected chi connectivity index (χ1v) is 9.70. The summed E-state index contributed by atoms with van der Waals surface area (Å²) in [4.78, 5) is 25.2. The van der Waals surface area contributed by atoms with Crippen molar-refractivity contribution in [2.45, 2.75) is 12.6 Å². The van der Waals surface area contributed by atoms with Crippen LogP contribution in [0, 0.1) is 5.82 Å². The van der Waals surface area contributed by atoms with Gasteiger partial charge in [0.15, 0.2) is 5.75 Å². The predicted octanol–water partition coefficient (Wildman–Crippen LogP) is 3.84. The van der Waals surface area contributed by atoms with Crippen LogP contribution in [0.5, 0.6) is 5.75 Å². The second-order valence-corrected chi connectivity index (χ2v) is 7.42. The molecule has 3 aromatic rings. The molecule has 0 aliphatic carbocycles. The number of ether oxygens (including phenoxy) is 3. The zero-order valence-electron chi connectivity index (χ0n) is 15.5. The van der Waals surface area contributed by atoms with Crippen molar-refractivity contribution >= 4 is 32.8 Å². The van der Waals surface area contributed by atoms with Crippen LogP contribution in [0.2, 0.25) is 0 Å². The normalized spacial score (nSPS) is 15.2. The largest absolute Gasteiger partial charge is 0.488 e. The first-order chi connectivity index (χ1) is 14.0. The van der Waals surface area contributed by atoms with E-state index in [-0.39, 0.29) is 29.0 Å². The Hall–Kier alpha value is -2.71. The van der Waals surface area contributed by atoms with Crippen molar-refractivity contribution in [1.82, 2.24) is 4.57 Å². The first-order valence-electron chi connectivity index (χ1n) is 8.91. The van der Waals surface area contributed by atoms with Crippen molar-refractivity contribution in [3.8, 4) is 5.75 Å². The summed E-state index contributed by atoms with van der Waals surface area (Å²) >= 11 is 3.18. The van der Waals surface area contributed by atoms with Crippen LogP contribution in [0.4, 0.5) is 4.39 Å². The van der Waals surface area contributed by atoms with Gasteiger partial charge < -0.3 is 14.2 Å². The molecule has 0 N–H and O–H groups in total. The van der Waals surface area contributed by atoms with Gasteiger partial charge in [-0.15, -0.1) is 0 Å². The van der Waals surface area contributed by atoms with Crippen molar-refractivity contribution < 1.29 is 23.4 Å². The van der Waals surface area contributed by atoms with Crippen LogP contribution in [-0.4, -0.2) is 30.9 Å². The molecule has 2 aromatic carbocycles. The second-order valence-electron chi connectivity index (χ2n) is 6.63. The summed E-state index contributed by atoms with van der Waals surface area (Å²) < 4.78 is 32.2. The van der Waals surface area contributed by atoms with Gasteiger partial charge in [-0.05, 0) is 33.6 Å². The maximum Gasteiger partial charge on any atom is 0.343 e. The minimum absolute atomic E-state index is 0.101. The van der Waals surface area contributed by atoms with Gasteiger partial charge in [0.25, 0.3) is 5.56 Å². The second kappa shape index (κ2) is 7.96. The lowest BCUT2D eigenvalue weighted by Gasteiger charge is -2.29. The summed E-state index contributed by atoms with van der Waals surface area (Å²) in [7, 11) is 1.19. The Kier molecular flexibility index (Phi) is 5.38. The van der Waals surface area contributed by atoms with Gasteiger partial charge in [-0.25, -0.2) is 9.18 Å². The third-order valence-corrected chi connectivity index (χ3v) is 5.52. The molecular weight excluding hydrogens is 445 g/mol. The van der Waals surface area contributed by atoms with Gasteiger partial charge in [-0.2, -0.15) is 0 Å². The highest BCUT2D eigenvalue weighted by molar-refractivity contribution is 9.10. The molecule has 150 valence electrons. The Balaban J connectivity index is 1.77. The van der Waals surface area contributed by atoms with E-state index in [0.29, 0.717) is 17.5 Å². The Morgan fingerprint density at radius 1 is 1.31 bits per heavy atom. The fraction of sp³-hybridized carbons (Fsp3) is 0.238. The van der Waals surface area contributed by atoms with Gasteiger partial charge in [0.05, 0.1) is 36.4 Å². The SMILES string of the molecule is COC(=O)c1cc2cc(F)c(Br)c3c2n(c1=O)[C@@H](COCc1ccccc1)CO3. The summed E-state index contributed by atoms with van der Waals surface area (Å²) in [5.74, 6) is -1.10. The Morgan fingerprint density at radius 2 is 2.07 bits per heavy atom. The van der Waals surface area contributed by atoms with Crippen LogP contribution in [0.1, 0.15) is 22.0 Å². The highest BCUT2D eigenvalue weighted by Crippen LogP contribution is 2.39. The molecule has 0 amide bonds. The molecule has 0 fully saturated rings. The van der Waals surface area contributed by atoms with E-state index in [4.69, 9.17) is 14.2 Å². The lowest BCUT2D eigenvalue weighted by molar-refractivity contribution is 0.0585. The number of rotatable bonds is 5. The fourth-order valence-electron chi connectivity index (χ4n) is 3.42. The standard InChI is InChI=1S/C21H17BrFNO5/c1-27-21(26)15-7-13-8-16(23)17(22)19-18(13)24(20(15)25)14(11-29-19)10-28-9-12-5-3-2-4-6-12/h2-8,14H,9-11H2,1H3/t14-/m0/s1. The molecule has 6 nitrogen and oxygen atoms in total. The van der Waals surface area contributed by atoms with Crippen LogP contribution in [-0.2, 0) is 16.1 Å². The Bertz CT molecular complexity index is 1150. The molecule has 4 rings (SSSR count). The third kappa shape index (κ3) is 3.54. The molecule has 0 spiro atoms. The molecule has 1 aliphatic rings. The molecule has 0 radical (unpaired) electrons. The molecule has 1 atom stereocenters. The molecule has 0 saturated carbocycles. The minimum atomic E-state index is -0.777. The van der Waals surface area contributed by atoms with E-state index >= 15 is 0 Å². The zero-order valence-corrected chi connectivity index (χ0v) is 17.1. The van der Waals surface area contributed by atoms with E-state index < -0.39 is 23.4 Å². The van der Waals surface area contributed by atoms with E-state index in [1.807, 2.05) is 30.3 Å². The number of halogens is 2. The number of esters is 1. The van der Waals surface area contributed by atoms with Gasteiger partial charge in [-0.1, -0.05) is 30.3 Å². The van der Waals surface area contributed by atoms with Gasteiger partial charge in [0, 0.05) is 5.39 Å². The number of pyridine rings is 1. The monoisotopic (exact) mass is 461 g/mol. The molecular formula is C21H17BrFNO5. The first kappa shape index (κ1) is 19.6. The summed E-state index contributed by atoms with van der Waals surface area (Å²) in [6, 6.07) is 11.7. The zero-order chi connectivity index (χ0) is 20.5. The maximum absolute atomic E-state index is 14.3. The number of hydrogen-bond acceptors (Lipinski definition) is 5. The Labute approximate surface area is 173 Å². The van der Waals surface area contributed by atoms with Crippen molar-refractivity contribution in [3.63, 3.8) is 0 Å². The van der Waals surface area contributed by atoms with Gasteiger partial charge in [-0.3, -0.25) is 9.36 Å². The van der Waals surface area contributed by atoms with Crippen LogP contribution in [0.3, 0.4) is 0 Å². The highest BCUT2D eigenvalue weighted by Gasteiger charge is 2.30. The highest BCUT2D eigenvalue weighted by atomic mass is 79.9. The summed E-state index contributed by atoms with van der Waals surface area (Å²) in [6.45, 7) is 0.651. The molecule has 0 unspecified atom stereocenters. The molecule has 0 saturated heterocycles. The van der Waals surface area contributed by atoms with E-state index in [9.17, 15) is 14.0 Å². The summed E-state index contributed by atoms with van der Waals surface area (Å²) in [5, 5.41) is 0.369. The van der Waals surface area contributed by atoms with Crippen LogP contribution in [0.25, 0.3) is 10.9 Å². The van der Waals surface area contributed by atoms with Gasteiger partial charge >= 0.3 is 5.97 Å². The topological polar surface area (TPSA) is 66.8 Å². The number of benzene rings is 2. The quantitative estimate of drug-likeness (QED) is 0.540. The van der Waals surface area contributed by atoms with Crippen LogP contribution in [0.15, 0.2) is 51.7 Å². The number of carbonyl (C=O) groups excluding carboxylic acids is 1. The van der Waals surface area contributed by atoms with E-state index in [2.05, 4.69) is 15.9 Å². The van der Waals surface area contributed by atoms with E-state index in [1.54, 1.807) is 0 Å². The molecule has 1 aromatic heterocycles. The summed E-state index contributed by atoms with van der Waals surface area (Å²) in [6.07, 6.45) is 0.